The highest BCUT2D eigenvalue weighted by Crippen LogP contribution is 2.40. The predicted molar refractivity (Wildman–Crippen MR) is 119 cm³/mol. The number of fused-ring (bicyclic) bond motifs is 1. The van der Waals surface area contributed by atoms with Gasteiger partial charge in [0.1, 0.15) is 5.82 Å². The summed E-state index contributed by atoms with van der Waals surface area (Å²) >= 11 is 3.57. The molecule has 30 heavy (non-hydrogen) atoms. The second kappa shape index (κ2) is 7.36. The molecule has 1 N–H and O–H groups in total. The van der Waals surface area contributed by atoms with Crippen molar-refractivity contribution in [3.05, 3.63) is 69.6 Å². The van der Waals surface area contributed by atoms with E-state index in [-0.39, 0.29) is 5.91 Å². The van der Waals surface area contributed by atoms with Crippen LogP contribution in [0.3, 0.4) is 0 Å². The number of carbonyl (C=O) groups excluding carboxylic acids is 1. The molecule has 1 fully saturated rings. The maximum absolute atomic E-state index is 13.3. The fraction of sp³-hybridized carbons (Fsp3) is 0.273. The fourth-order valence-electron chi connectivity index (χ4n) is 3.77. The second-order valence-corrected chi connectivity index (χ2v) is 8.55. The number of aryl methyl sites for hydroxylation is 2. The lowest BCUT2D eigenvalue weighted by atomic mass is 10.1. The Morgan fingerprint density at radius 3 is 2.83 bits per heavy atom. The SMILES string of the molecule is Cc1nn(C)c2nc(C3CC3)cc(C(=O)Nc3ccnn3Cc3ccccc3Br)c12. The summed E-state index contributed by atoms with van der Waals surface area (Å²) in [5.41, 5.74) is 4.22. The van der Waals surface area contributed by atoms with Crippen molar-refractivity contribution in [2.75, 3.05) is 5.32 Å². The number of hydrogen-bond donors (Lipinski definition) is 1. The zero-order valence-corrected chi connectivity index (χ0v) is 18.3. The summed E-state index contributed by atoms with van der Waals surface area (Å²) in [5, 5.41) is 12.7. The van der Waals surface area contributed by atoms with Crippen molar-refractivity contribution in [1.29, 1.82) is 0 Å². The number of rotatable bonds is 5. The number of nitrogens with one attached hydrogen (secondary N) is 1. The molecule has 152 valence electrons. The lowest BCUT2D eigenvalue weighted by Gasteiger charge is -2.12. The van der Waals surface area contributed by atoms with Crippen molar-refractivity contribution in [2.45, 2.75) is 32.2 Å². The van der Waals surface area contributed by atoms with Crippen molar-refractivity contribution < 1.29 is 4.79 Å². The van der Waals surface area contributed by atoms with Crippen molar-refractivity contribution in [3.63, 3.8) is 0 Å². The summed E-state index contributed by atoms with van der Waals surface area (Å²) in [6.45, 7) is 2.46. The maximum Gasteiger partial charge on any atom is 0.257 e. The summed E-state index contributed by atoms with van der Waals surface area (Å²) in [7, 11) is 1.87. The molecule has 5 rings (SSSR count). The number of pyridine rings is 1. The highest BCUT2D eigenvalue weighted by molar-refractivity contribution is 9.10. The zero-order chi connectivity index (χ0) is 20.8. The number of hydrogen-bond acceptors (Lipinski definition) is 4. The van der Waals surface area contributed by atoms with Gasteiger partial charge in [0.05, 0.1) is 29.4 Å². The Hall–Kier alpha value is -3.00. The first-order valence-corrected chi connectivity index (χ1v) is 10.7. The van der Waals surface area contributed by atoms with E-state index in [1.165, 1.54) is 0 Å². The van der Waals surface area contributed by atoms with Crippen molar-refractivity contribution >= 4 is 38.7 Å². The molecule has 1 aliphatic carbocycles. The number of aromatic nitrogens is 5. The number of benzene rings is 1. The average molecular weight is 465 g/mol. The Bertz CT molecular complexity index is 1270. The zero-order valence-electron chi connectivity index (χ0n) is 16.8. The summed E-state index contributed by atoms with van der Waals surface area (Å²) in [6, 6.07) is 11.7. The molecule has 0 spiro atoms. The Morgan fingerprint density at radius 2 is 2.07 bits per heavy atom. The van der Waals surface area contributed by atoms with Crippen molar-refractivity contribution in [3.8, 4) is 0 Å². The van der Waals surface area contributed by atoms with Gasteiger partial charge in [0.2, 0.25) is 0 Å². The Balaban J connectivity index is 1.49. The number of nitrogens with zero attached hydrogens (tertiary/aromatic N) is 5. The van der Waals surface area contributed by atoms with E-state index in [0.717, 1.165) is 45.3 Å². The lowest BCUT2D eigenvalue weighted by molar-refractivity contribution is 0.102. The molecule has 0 unspecified atom stereocenters. The quantitative estimate of drug-likeness (QED) is 0.474. The molecule has 0 aliphatic heterocycles. The van der Waals surface area contributed by atoms with Gasteiger partial charge < -0.3 is 5.32 Å². The first-order valence-electron chi connectivity index (χ1n) is 9.92. The van der Waals surface area contributed by atoms with Crippen LogP contribution in [0.2, 0.25) is 0 Å². The van der Waals surface area contributed by atoms with Gasteiger partial charge in [-0.3, -0.25) is 9.48 Å². The summed E-state index contributed by atoms with van der Waals surface area (Å²) in [4.78, 5) is 18.1. The molecule has 3 aromatic heterocycles. The summed E-state index contributed by atoms with van der Waals surface area (Å²) in [5.74, 6) is 0.918. The van der Waals surface area contributed by atoms with Crippen LogP contribution in [-0.4, -0.2) is 30.5 Å². The minimum atomic E-state index is -0.172. The minimum absolute atomic E-state index is 0.172. The van der Waals surface area contributed by atoms with Crippen LogP contribution in [0.15, 0.2) is 47.1 Å². The third-order valence-corrected chi connectivity index (χ3v) is 6.24. The predicted octanol–water partition coefficient (Wildman–Crippen LogP) is 4.41. The molecule has 0 saturated heterocycles. The molecule has 1 amide bonds. The van der Waals surface area contributed by atoms with Crippen molar-refractivity contribution in [2.24, 2.45) is 7.05 Å². The van der Waals surface area contributed by atoms with E-state index in [4.69, 9.17) is 4.98 Å². The summed E-state index contributed by atoms with van der Waals surface area (Å²) in [6.07, 6.45) is 3.93. The van der Waals surface area contributed by atoms with E-state index in [9.17, 15) is 4.79 Å². The van der Waals surface area contributed by atoms with E-state index < -0.39 is 0 Å². The highest BCUT2D eigenvalue weighted by Gasteiger charge is 2.28. The van der Waals surface area contributed by atoms with Crippen molar-refractivity contribution in [1.82, 2.24) is 24.5 Å². The Morgan fingerprint density at radius 1 is 1.27 bits per heavy atom. The van der Waals surface area contributed by atoms with Crippen LogP contribution in [0.25, 0.3) is 11.0 Å². The first kappa shape index (κ1) is 19.0. The number of amides is 1. The molecule has 8 heteroatoms. The molecular weight excluding hydrogens is 444 g/mol. The third kappa shape index (κ3) is 3.41. The van der Waals surface area contributed by atoms with Crippen LogP contribution >= 0.6 is 15.9 Å². The van der Waals surface area contributed by atoms with Gasteiger partial charge in [0, 0.05) is 29.2 Å². The number of carbonyl (C=O) groups is 1. The normalized spacial score (nSPS) is 13.7. The van der Waals surface area contributed by atoms with E-state index in [2.05, 4.69) is 31.4 Å². The molecule has 3 heterocycles. The van der Waals surface area contributed by atoms with Gasteiger partial charge in [-0.15, -0.1) is 0 Å². The van der Waals surface area contributed by atoms with E-state index in [0.29, 0.717) is 23.8 Å². The van der Waals surface area contributed by atoms with E-state index >= 15 is 0 Å². The Labute approximate surface area is 182 Å². The average Bonchev–Trinajstić information content (AvgIpc) is 3.43. The monoisotopic (exact) mass is 464 g/mol. The minimum Gasteiger partial charge on any atom is -0.307 e. The largest absolute Gasteiger partial charge is 0.307 e. The molecule has 7 nitrogen and oxygen atoms in total. The molecular formula is C22H21BrN6O. The van der Waals surface area contributed by atoms with Gasteiger partial charge in [0.25, 0.3) is 5.91 Å². The van der Waals surface area contributed by atoms with Gasteiger partial charge in [-0.25, -0.2) is 9.67 Å². The molecule has 1 saturated carbocycles. The number of halogens is 1. The smallest absolute Gasteiger partial charge is 0.257 e. The van der Waals surface area contributed by atoms with Crippen LogP contribution in [-0.2, 0) is 13.6 Å². The van der Waals surface area contributed by atoms with Crippen LogP contribution in [0.1, 0.15) is 46.1 Å². The molecule has 0 atom stereocenters. The molecule has 1 aromatic carbocycles. The first-order chi connectivity index (χ1) is 14.5. The highest BCUT2D eigenvalue weighted by atomic mass is 79.9. The number of anilines is 1. The summed E-state index contributed by atoms with van der Waals surface area (Å²) < 4.78 is 4.55. The molecule has 4 aromatic rings. The van der Waals surface area contributed by atoms with Gasteiger partial charge >= 0.3 is 0 Å². The van der Waals surface area contributed by atoms with Gasteiger partial charge in [-0.05, 0) is 37.5 Å². The van der Waals surface area contributed by atoms with Gasteiger partial charge in [-0.1, -0.05) is 34.1 Å². The molecule has 1 aliphatic rings. The molecule has 0 radical (unpaired) electrons. The fourth-order valence-corrected chi connectivity index (χ4v) is 4.18. The van der Waals surface area contributed by atoms with E-state index in [1.807, 2.05) is 50.4 Å². The lowest BCUT2D eigenvalue weighted by Crippen LogP contribution is -2.17. The maximum atomic E-state index is 13.3. The van der Waals surface area contributed by atoms with Gasteiger partial charge in [-0.2, -0.15) is 10.2 Å². The second-order valence-electron chi connectivity index (χ2n) is 7.70. The topological polar surface area (TPSA) is 77.6 Å². The van der Waals surface area contributed by atoms with Crippen LogP contribution < -0.4 is 5.32 Å². The van der Waals surface area contributed by atoms with Crippen LogP contribution in [0, 0.1) is 6.92 Å². The van der Waals surface area contributed by atoms with Crippen LogP contribution in [0.5, 0.6) is 0 Å². The standard InChI is InChI=1S/C22H21BrN6O/c1-13-20-16(11-18(14-7-8-14)25-21(20)28(2)27-13)22(30)26-19-9-10-24-29(19)12-15-5-3-4-6-17(15)23/h3-6,9-11,14H,7-8,12H2,1-2H3,(H,26,30). The molecule has 0 bridgehead atoms. The van der Waals surface area contributed by atoms with Gasteiger partial charge in [0.15, 0.2) is 5.65 Å². The Kier molecular flexibility index (Phi) is 4.66. The van der Waals surface area contributed by atoms with Crippen LogP contribution in [0.4, 0.5) is 5.82 Å². The third-order valence-electron chi connectivity index (χ3n) is 5.46. The van der Waals surface area contributed by atoms with E-state index in [1.54, 1.807) is 15.6 Å².